The van der Waals surface area contributed by atoms with Crippen LogP contribution in [0.25, 0.3) is 10.9 Å². The summed E-state index contributed by atoms with van der Waals surface area (Å²) in [4.78, 5) is 4.49. The highest BCUT2D eigenvalue weighted by Gasteiger charge is 2.01. The van der Waals surface area contributed by atoms with Crippen molar-refractivity contribution in [2.75, 3.05) is 0 Å². The maximum absolute atomic E-state index is 12.9. The fraction of sp³-hybridized carbons (Fsp3) is 0.389. The van der Waals surface area contributed by atoms with E-state index >= 15 is 0 Å². The Bertz CT molecular complexity index is 529. The highest BCUT2D eigenvalue weighted by atomic mass is 19.1. The van der Waals surface area contributed by atoms with E-state index in [2.05, 4.69) is 45.5 Å². The third-order valence-corrected chi connectivity index (χ3v) is 2.33. The fourth-order valence-corrected chi connectivity index (χ4v) is 1.67. The van der Waals surface area contributed by atoms with E-state index in [0.717, 1.165) is 23.0 Å². The van der Waals surface area contributed by atoms with Crippen molar-refractivity contribution < 1.29 is 4.39 Å². The number of hydrogen-bond donors (Lipinski definition) is 0. The smallest absolute Gasteiger partial charge is 0.123 e. The van der Waals surface area contributed by atoms with Crippen LogP contribution < -0.4 is 0 Å². The van der Waals surface area contributed by atoms with Crippen LogP contribution in [0.15, 0.2) is 30.3 Å². The second-order valence-electron chi connectivity index (χ2n) is 4.94. The van der Waals surface area contributed by atoms with Gasteiger partial charge in [0.15, 0.2) is 0 Å². The van der Waals surface area contributed by atoms with Gasteiger partial charge in [0.05, 0.1) is 5.52 Å². The minimum Gasteiger partial charge on any atom is -0.253 e. The summed E-state index contributed by atoms with van der Waals surface area (Å²) in [6.45, 7) is 8.58. The molecule has 0 spiro atoms. The molecule has 1 aromatic heterocycles. The molecule has 0 N–H and O–H groups in total. The monoisotopic (exact) mass is 273 g/mol. The average molecular weight is 273 g/mol. The summed E-state index contributed by atoms with van der Waals surface area (Å²) in [5, 5.41) is 0.863. The molecule has 1 aromatic carbocycles. The van der Waals surface area contributed by atoms with E-state index in [4.69, 9.17) is 0 Å². The molecular weight excluding hydrogens is 249 g/mol. The number of terminal acetylenes is 1. The fourth-order valence-electron chi connectivity index (χ4n) is 1.67. The average Bonchev–Trinajstić information content (AvgIpc) is 2.41. The largest absolute Gasteiger partial charge is 0.253 e. The van der Waals surface area contributed by atoms with Crippen molar-refractivity contribution in [1.82, 2.24) is 4.98 Å². The summed E-state index contributed by atoms with van der Waals surface area (Å²) in [7, 11) is 0. The molecule has 1 heterocycles. The summed E-state index contributed by atoms with van der Waals surface area (Å²) in [6.07, 6.45) is 10.2. The minimum atomic E-state index is -0.207. The highest BCUT2D eigenvalue weighted by Crippen LogP contribution is 2.15. The Morgan fingerprint density at radius 1 is 1.10 bits per heavy atom. The van der Waals surface area contributed by atoms with Crippen molar-refractivity contribution in [3.8, 4) is 12.8 Å². The van der Waals surface area contributed by atoms with Crippen LogP contribution in [-0.2, 0) is 6.42 Å². The van der Waals surface area contributed by atoms with Crippen LogP contribution >= 0.6 is 0 Å². The Labute approximate surface area is 122 Å². The zero-order chi connectivity index (χ0) is 15.5. The van der Waals surface area contributed by atoms with E-state index in [9.17, 15) is 4.39 Å². The third-order valence-electron chi connectivity index (χ3n) is 2.33. The second-order valence-corrected chi connectivity index (χ2v) is 4.94. The molecule has 0 radical (unpaired) electrons. The van der Waals surface area contributed by atoms with Gasteiger partial charge in [-0.1, -0.05) is 40.2 Å². The number of aromatic nitrogens is 1. The van der Waals surface area contributed by atoms with Gasteiger partial charge < -0.3 is 0 Å². The first-order chi connectivity index (χ1) is 9.56. The molecule has 20 heavy (non-hydrogen) atoms. The molecule has 0 amide bonds. The van der Waals surface area contributed by atoms with Crippen LogP contribution in [0.1, 0.15) is 39.8 Å². The lowest BCUT2D eigenvalue weighted by molar-refractivity contribution is 0.628. The molecule has 0 aliphatic rings. The van der Waals surface area contributed by atoms with Crippen molar-refractivity contribution in [2.45, 2.75) is 40.5 Å². The van der Waals surface area contributed by atoms with Crippen molar-refractivity contribution in [3.05, 3.63) is 41.8 Å². The Kier molecular flexibility index (Phi) is 9.04. The molecule has 2 aromatic rings. The van der Waals surface area contributed by atoms with E-state index in [1.165, 1.54) is 18.6 Å². The summed E-state index contributed by atoms with van der Waals surface area (Å²) < 4.78 is 12.9. The molecule has 2 heteroatoms. The zero-order valence-corrected chi connectivity index (χ0v) is 12.9. The van der Waals surface area contributed by atoms with Crippen molar-refractivity contribution in [3.63, 3.8) is 0 Å². The molecule has 0 saturated carbocycles. The second kappa shape index (κ2) is 9.97. The summed E-state index contributed by atoms with van der Waals surface area (Å²) >= 11 is 0. The standard InChI is InChI=1S/C13H14FN.C3H8.C2H2/c1-9(2)7-12-5-3-10-8-11(14)4-6-13(10)15-12;1-3-2;1-2/h3-6,8-9H,7H2,1-2H3;3H2,1-2H3;1-2H. The topological polar surface area (TPSA) is 12.9 Å². The number of fused-ring (bicyclic) bond motifs is 1. The lowest BCUT2D eigenvalue weighted by Crippen LogP contribution is -1.97. The molecule has 1 nitrogen and oxygen atoms in total. The van der Waals surface area contributed by atoms with Gasteiger partial charge in [-0.3, -0.25) is 4.98 Å². The number of hydrogen-bond acceptors (Lipinski definition) is 1. The molecule has 0 atom stereocenters. The van der Waals surface area contributed by atoms with Gasteiger partial charge in [0.1, 0.15) is 5.82 Å². The molecule has 2 rings (SSSR count). The molecule has 0 fully saturated rings. The Morgan fingerprint density at radius 3 is 2.25 bits per heavy atom. The van der Waals surface area contributed by atoms with E-state index < -0.39 is 0 Å². The first kappa shape index (κ1) is 18.1. The van der Waals surface area contributed by atoms with Crippen LogP contribution in [0.2, 0.25) is 0 Å². The van der Waals surface area contributed by atoms with E-state index in [1.54, 1.807) is 6.07 Å². The van der Waals surface area contributed by atoms with Crippen LogP contribution in [0.3, 0.4) is 0 Å². The van der Waals surface area contributed by atoms with Gasteiger partial charge in [-0.05, 0) is 36.6 Å². The van der Waals surface area contributed by atoms with E-state index in [-0.39, 0.29) is 5.82 Å². The quantitative estimate of drug-likeness (QED) is 0.682. The molecule has 0 bridgehead atoms. The predicted molar refractivity (Wildman–Crippen MR) is 86.1 cm³/mol. The van der Waals surface area contributed by atoms with Crippen LogP contribution in [-0.4, -0.2) is 4.98 Å². The Hall–Kier alpha value is -1.88. The molecule has 0 unspecified atom stereocenters. The number of rotatable bonds is 2. The molecular formula is C18H24FN. The van der Waals surface area contributed by atoms with Crippen LogP contribution in [0, 0.1) is 24.6 Å². The predicted octanol–water partition coefficient (Wildman–Crippen LogP) is 5.24. The Balaban J connectivity index is 0.000000641. The van der Waals surface area contributed by atoms with Crippen molar-refractivity contribution in [1.29, 1.82) is 0 Å². The first-order valence-corrected chi connectivity index (χ1v) is 6.95. The Morgan fingerprint density at radius 2 is 1.70 bits per heavy atom. The number of halogens is 1. The van der Waals surface area contributed by atoms with Crippen LogP contribution in [0.5, 0.6) is 0 Å². The SMILES string of the molecule is C#C.CC(C)Cc1ccc2cc(F)ccc2n1.CCC. The number of pyridine rings is 1. The minimum absolute atomic E-state index is 0.207. The van der Waals surface area contributed by atoms with Gasteiger partial charge in [-0.25, -0.2) is 4.39 Å². The number of benzene rings is 1. The highest BCUT2D eigenvalue weighted by molar-refractivity contribution is 5.78. The summed E-state index contributed by atoms with van der Waals surface area (Å²) in [6, 6.07) is 8.61. The maximum atomic E-state index is 12.9. The van der Waals surface area contributed by atoms with Gasteiger partial charge in [0.2, 0.25) is 0 Å². The third kappa shape index (κ3) is 6.33. The molecule has 0 aliphatic carbocycles. The van der Waals surface area contributed by atoms with Crippen molar-refractivity contribution in [2.24, 2.45) is 5.92 Å². The van der Waals surface area contributed by atoms with Crippen LogP contribution in [0.4, 0.5) is 4.39 Å². The van der Waals surface area contributed by atoms with Gasteiger partial charge in [-0.15, -0.1) is 12.8 Å². The van der Waals surface area contributed by atoms with Gasteiger partial charge in [0, 0.05) is 11.1 Å². The lowest BCUT2D eigenvalue weighted by Gasteiger charge is -2.05. The van der Waals surface area contributed by atoms with Crippen molar-refractivity contribution >= 4 is 10.9 Å². The zero-order valence-electron chi connectivity index (χ0n) is 12.9. The molecule has 108 valence electrons. The van der Waals surface area contributed by atoms with Gasteiger partial charge >= 0.3 is 0 Å². The summed E-state index contributed by atoms with van der Waals surface area (Å²) in [5.74, 6) is 0.385. The van der Waals surface area contributed by atoms with Gasteiger partial charge in [0.25, 0.3) is 0 Å². The van der Waals surface area contributed by atoms with E-state index in [0.29, 0.717) is 5.92 Å². The van der Waals surface area contributed by atoms with Gasteiger partial charge in [-0.2, -0.15) is 0 Å². The van der Waals surface area contributed by atoms with E-state index in [1.807, 2.05) is 12.1 Å². The normalized spacial score (nSPS) is 9.40. The molecule has 0 aliphatic heterocycles. The summed E-state index contributed by atoms with van der Waals surface area (Å²) in [5.41, 5.74) is 1.94. The molecule has 0 saturated heterocycles. The first-order valence-electron chi connectivity index (χ1n) is 6.95. The maximum Gasteiger partial charge on any atom is 0.123 e. The lowest BCUT2D eigenvalue weighted by atomic mass is 10.1. The number of nitrogens with zero attached hydrogens (tertiary/aromatic N) is 1.